The van der Waals surface area contributed by atoms with Crippen LogP contribution in [0.4, 0.5) is 17.1 Å². The van der Waals surface area contributed by atoms with Crippen molar-refractivity contribution in [3.63, 3.8) is 0 Å². The summed E-state index contributed by atoms with van der Waals surface area (Å²) in [6.07, 6.45) is 0. The van der Waals surface area contributed by atoms with Gasteiger partial charge in [-0.25, -0.2) is 0 Å². The van der Waals surface area contributed by atoms with Gasteiger partial charge in [-0.05, 0) is 122 Å². The van der Waals surface area contributed by atoms with Gasteiger partial charge in [0, 0.05) is 55.0 Å². The molecule has 2 heterocycles. The lowest BCUT2D eigenvalue weighted by Gasteiger charge is -2.28. The van der Waals surface area contributed by atoms with Gasteiger partial charge >= 0.3 is 0 Å². The van der Waals surface area contributed by atoms with Gasteiger partial charge in [0.1, 0.15) is 22.3 Å². The second-order valence-corrected chi connectivity index (χ2v) is 18.5. The SMILES string of the molecule is CC1(C)c2ccccc2-c2ccc(-c3c4oc5ccc(N(c6cccc(-c7ccccc7)c6)c6ccc7c(c6)C(C)(C)c6ccccc6-7)cc5c4cc4oc5ccccc5c34)cc21. The van der Waals surface area contributed by atoms with Crippen LogP contribution in [0, 0.1) is 0 Å². The molecule has 300 valence electrons. The number of nitrogens with zero attached hydrogens (tertiary/aromatic N) is 1. The van der Waals surface area contributed by atoms with Crippen molar-refractivity contribution in [1.82, 2.24) is 0 Å². The number of rotatable bonds is 5. The van der Waals surface area contributed by atoms with Crippen LogP contribution in [0.1, 0.15) is 49.9 Å². The van der Waals surface area contributed by atoms with Crippen LogP contribution in [-0.4, -0.2) is 0 Å². The fourth-order valence-electron chi connectivity index (χ4n) is 11.1. The summed E-state index contributed by atoms with van der Waals surface area (Å²) in [5.41, 5.74) is 21.5. The highest BCUT2D eigenvalue weighted by Crippen LogP contribution is 2.54. The van der Waals surface area contributed by atoms with Gasteiger partial charge in [-0.3, -0.25) is 0 Å². The van der Waals surface area contributed by atoms with Gasteiger partial charge in [0.25, 0.3) is 0 Å². The van der Waals surface area contributed by atoms with E-state index in [-0.39, 0.29) is 10.8 Å². The molecule has 11 aromatic rings. The molecule has 0 saturated carbocycles. The van der Waals surface area contributed by atoms with Crippen LogP contribution in [-0.2, 0) is 10.8 Å². The van der Waals surface area contributed by atoms with Crippen molar-refractivity contribution in [2.75, 3.05) is 4.90 Å². The van der Waals surface area contributed by atoms with Gasteiger partial charge in [-0.1, -0.05) is 155 Å². The molecule has 0 fully saturated rings. The quantitative estimate of drug-likeness (QED) is 0.173. The number of benzene rings is 9. The zero-order chi connectivity index (χ0) is 42.2. The van der Waals surface area contributed by atoms with E-state index in [2.05, 4.69) is 215 Å². The molecule has 0 spiro atoms. The molecule has 0 radical (unpaired) electrons. The lowest BCUT2D eigenvalue weighted by molar-refractivity contribution is 0.660. The largest absolute Gasteiger partial charge is 0.456 e. The molecule has 0 atom stereocenters. The molecule has 0 unspecified atom stereocenters. The predicted octanol–water partition coefficient (Wildman–Crippen LogP) is 16.9. The van der Waals surface area contributed by atoms with Crippen molar-refractivity contribution in [2.45, 2.75) is 38.5 Å². The van der Waals surface area contributed by atoms with E-state index < -0.39 is 0 Å². The Morgan fingerprint density at radius 1 is 0.349 bits per heavy atom. The minimum absolute atomic E-state index is 0.145. The normalized spacial score (nSPS) is 14.3. The Bertz CT molecular complexity index is 3690. The monoisotopic (exact) mass is 809 g/mol. The van der Waals surface area contributed by atoms with Crippen molar-refractivity contribution in [2.24, 2.45) is 0 Å². The summed E-state index contributed by atoms with van der Waals surface area (Å²) in [6.45, 7) is 9.39. The van der Waals surface area contributed by atoms with E-state index in [4.69, 9.17) is 8.83 Å². The van der Waals surface area contributed by atoms with Crippen molar-refractivity contribution in [1.29, 1.82) is 0 Å². The van der Waals surface area contributed by atoms with Gasteiger partial charge in [0.15, 0.2) is 0 Å². The molecular weight excluding hydrogens is 767 g/mol. The van der Waals surface area contributed by atoms with Crippen LogP contribution in [0.5, 0.6) is 0 Å². The van der Waals surface area contributed by atoms with E-state index in [0.29, 0.717) is 0 Å². The molecule has 0 saturated heterocycles. The van der Waals surface area contributed by atoms with Crippen molar-refractivity contribution in [3.8, 4) is 44.5 Å². The Morgan fingerprint density at radius 3 is 1.71 bits per heavy atom. The van der Waals surface area contributed by atoms with Crippen molar-refractivity contribution >= 4 is 60.9 Å². The van der Waals surface area contributed by atoms with E-state index in [1.807, 2.05) is 6.07 Å². The molecule has 2 aliphatic carbocycles. The Balaban J connectivity index is 1.04. The van der Waals surface area contributed by atoms with Crippen LogP contribution in [0.25, 0.3) is 88.4 Å². The van der Waals surface area contributed by atoms with Crippen LogP contribution >= 0.6 is 0 Å². The molecule has 13 rings (SSSR count). The standard InChI is InChI=1S/C60H43NO2/c1-59(2)49-22-11-8-19-42(49)44-28-25-38(32-51(44)59)56-57-46-21-10-13-24-53(46)62-55(57)35-48-47-33-40(27-30-54(47)63-58(48)56)61(39-18-14-17-37(31-39)36-15-6-5-7-16-36)41-26-29-45-43-20-9-12-23-50(43)60(3,4)52(45)34-41/h5-35H,1-4H3. The molecule has 3 nitrogen and oxygen atoms in total. The first-order valence-corrected chi connectivity index (χ1v) is 22.0. The lowest BCUT2D eigenvalue weighted by Crippen LogP contribution is -2.16. The third-order valence-electron chi connectivity index (χ3n) is 14.3. The smallest absolute Gasteiger partial charge is 0.144 e. The Hall–Kier alpha value is -7.62. The summed E-state index contributed by atoms with van der Waals surface area (Å²) >= 11 is 0. The average Bonchev–Trinajstić information content (AvgIpc) is 4.01. The van der Waals surface area contributed by atoms with E-state index in [1.54, 1.807) is 0 Å². The van der Waals surface area contributed by atoms with Crippen LogP contribution < -0.4 is 4.90 Å². The maximum Gasteiger partial charge on any atom is 0.144 e. The molecule has 0 aliphatic heterocycles. The molecule has 63 heavy (non-hydrogen) atoms. The molecule has 3 heteroatoms. The fourth-order valence-corrected chi connectivity index (χ4v) is 11.1. The number of hydrogen-bond donors (Lipinski definition) is 0. The average molecular weight is 810 g/mol. The zero-order valence-electron chi connectivity index (χ0n) is 35.7. The predicted molar refractivity (Wildman–Crippen MR) is 262 cm³/mol. The fraction of sp³-hybridized carbons (Fsp3) is 0.100. The summed E-state index contributed by atoms with van der Waals surface area (Å²) in [4.78, 5) is 2.41. The Morgan fingerprint density at radius 2 is 0.937 bits per heavy atom. The summed E-state index contributed by atoms with van der Waals surface area (Å²) in [6, 6.07) is 68.5. The van der Waals surface area contributed by atoms with E-state index in [1.165, 1.54) is 55.6 Å². The highest BCUT2D eigenvalue weighted by molar-refractivity contribution is 6.24. The van der Waals surface area contributed by atoms with E-state index in [0.717, 1.165) is 72.1 Å². The summed E-state index contributed by atoms with van der Waals surface area (Å²) < 4.78 is 13.8. The third kappa shape index (κ3) is 5.14. The van der Waals surface area contributed by atoms with Gasteiger partial charge < -0.3 is 13.7 Å². The first kappa shape index (κ1) is 36.1. The van der Waals surface area contributed by atoms with Gasteiger partial charge in [-0.15, -0.1) is 0 Å². The van der Waals surface area contributed by atoms with Gasteiger partial charge in [0.05, 0.1) is 0 Å². The Kier molecular flexibility index (Phi) is 7.42. The Labute approximate surface area is 366 Å². The van der Waals surface area contributed by atoms with Crippen molar-refractivity contribution < 1.29 is 8.83 Å². The van der Waals surface area contributed by atoms with E-state index in [9.17, 15) is 0 Å². The first-order valence-electron chi connectivity index (χ1n) is 22.0. The number of furan rings is 2. The van der Waals surface area contributed by atoms with Gasteiger partial charge in [0.2, 0.25) is 0 Å². The zero-order valence-corrected chi connectivity index (χ0v) is 35.7. The molecule has 0 amide bonds. The minimum atomic E-state index is -0.146. The second-order valence-electron chi connectivity index (χ2n) is 18.5. The maximum atomic E-state index is 7.08. The molecule has 9 aromatic carbocycles. The lowest BCUT2D eigenvalue weighted by atomic mass is 9.81. The number of anilines is 3. The molecular formula is C60H43NO2. The van der Waals surface area contributed by atoms with Crippen LogP contribution in [0.2, 0.25) is 0 Å². The minimum Gasteiger partial charge on any atom is -0.456 e. The highest BCUT2D eigenvalue weighted by Gasteiger charge is 2.37. The molecule has 2 aliphatic rings. The molecule has 0 bridgehead atoms. The highest BCUT2D eigenvalue weighted by atomic mass is 16.3. The van der Waals surface area contributed by atoms with Gasteiger partial charge in [-0.2, -0.15) is 0 Å². The number of hydrogen-bond acceptors (Lipinski definition) is 3. The third-order valence-corrected chi connectivity index (χ3v) is 14.3. The topological polar surface area (TPSA) is 29.5 Å². The van der Waals surface area contributed by atoms with E-state index >= 15 is 0 Å². The van der Waals surface area contributed by atoms with Crippen LogP contribution in [0.3, 0.4) is 0 Å². The summed E-state index contributed by atoms with van der Waals surface area (Å²) in [5, 5.41) is 4.23. The van der Waals surface area contributed by atoms with Crippen molar-refractivity contribution in [3.05, 3.63) is 210 Å². The maximum absolute atomic E-state index is 7.08. The second kappa shape index (κ2) is 13.0. The number of fused-ring (bicyclic) bond motifs is 12. The summed E-state index contributed by atoms with van der Waals surface area (Å²) in [7, 11) is 0. The number of para-hydroxylation sites is 1. The molecule has 0 N–H and O–H groups in total. The first-order chi connectivity index (χ1) is 30.7. The van der Waals surface area contributed by atoms with Crippen LogP contribution in [0.15, 0.2) is 197 Å². The summed E-state index contributed by atoms with van der Waals surface area (Å²) in [5.74, 6) is 0. The molecule has 2 aromatic heterocycles.